The van der Waals surface area contributed by atoms with Crippen LogP contribution < -0.4 is 15.5 Å². The molecule has 2 aromatic carbocycles. The molecule has 0 heterocycles. The summed E-state index contributed by atoms with van der Waals surface area (Å²) in [5.74, 6) is -0.0768. The average Bonchev–Trinajstić information content (AvgIpc) is 2.60. The van der Waals surface area contributed by atoms with E-state index in [1.165, 1.54) is 0 Å². The van der Waals surface area contributed by atoms with Crippen LogP contribution in [0.3, 0.4) is 0 Å². The Morgan fingerprint density at radius 1 is 1.09 bits per heavy atom. The number of nitrogens with one attached hydrogen (secondary N) is 2. The molecule has 0 atom stereocenters. The van der Waals surface area contributed by atoms with Gasteiger partial charge in [0.05, 0.1) is 6.61 Å². The molecule has 122 valence electrons. The molecule has 23 heavy (non-hydrogen) atoms. The van der Waals surface area contributed by atoms with Crippen LogP contribution >= 0.6 is 0 Å². The Kier molecular flexibility index (Phi) is 6.00. The number of hydrogen-bond acceptors (Lipinski definition) is 4. The molecule has 2 aromatic rings. The molecule has 0 radical (unpaired) electrons. The van der Waals surface area contributed by atoms with Gasteiger partial charge in [-0.3, -0.25) is 4.79 Å². The minimum atomic E-state index is -0.0768. The third kappa shape index (κ3) is 4.72. The Balaban J connectivity index is 1.91. The standard InChI is InChI=1S/C18H23N3O2/c1-19-18(23)15-5-3-14(4-6-15)13-20-16-7-9-17(10-8-16)21(2)11-12-22/h3-10,20,22H,11-13H2,1-2H3,(H,19,23). The molecule has 0 saturated carbocycles. The molecule has 5 nitrogen and oxygen atoms in total. The van der Waals surface area contributed by atoms with Gasteiger partial charge >= 0.3 is 0 Å². The van der Waals surface area contributed by atoms with Crippen molar-refractivity contribution < 1.29 is 9.90 Å². The highest BCUT2D eigenvalue weighted by molar-refractivity contribution is 5.93. The minimum Gasteiger partial charge on any atom is -0.395 e. The van der Waals surface area contributed by atoms with Crippen LogP contribution in [0.2, 0.25) is 0 Å². The second-order valence-electron chi connectivity index (χ2n) is 5.32. The van der Waals surface area contributed by atoms with E-state index in [9.17, 15) is 4.79 Å². The van der Waals surface area contributed by atoms with Crippen molar-refractivity contribution in [2.45, 2.75) is 6.54 Å². The number of amides is 1. The normalized spacial score (nSPS) is 10.2. The molecule has 0 aliphatic carbocycles. The first-order chi connectivity index (χ1) is 11.1. The second kappa shape index (κ2) is 8.19. The lowest BCUT2D eigenvalue weighted by molar-refractivity contribution is 0.0963. The van der Waals surface area contributed by atoms with Gasteiger partial charge in [0, 0.05) is 44.1 Å². The molecule has 0 unspecified atom stereocenters. The molecule has 0 aromatic heterocycles. The van der Waals surface area contributed by atoms with E-state index in [4.69, 9.17) is 5.11 Å². The summed E-state index contributed by atoms with van der Waals surface area (Å²) in [5.41, 5.74) is 3.87. The first kappa shape index (κ1) is 16.8. The topological polar surface area (TPSA) is 64.6 Å². The van der Waals surface area contributed by atoms with E-state index >= 15 is 0 Å². The molecule has 0 fully saturated rings. The molecule has 0 aliphatic rings. The van der Waals surface area contributed by atoms with Gasteiger partial charge in [-0.25, -0.2) is 0 Å². The van der Waals surface area contributed by atoms with E-state index in [2.05, 4.69) is 10.6 Å². The number of nitrogens with zero attached hydrogens (tertiary/aromatic N) is 1. The van der Waals surface area contributed by atoms with Crippen molar-refractivity contribution in [2.75, 3.05) is 37.5 Å². The monoisotopic (exact) mass is 313 g/mol. The zero-order valence-electron chi connectivity index (χ0n) is 13.5. The van der Waals surface area contributed by atoms with Crippen molar-refractivity contribution in [3.63, 3.8) is 0 Å². The number of likely N-dealkylation sites (N-methyl/N-ethyl adjacent to an activating group) is 1. The maximum atomic E-state index is 11.5. The van der Waals surface area contributed by atoms with Crippen molar-refractivity contribution in [1.82, 2.24) is 5.32 Å². The van der Waals surface area contributed by atoms with Crippen molar-refractivity contribution >= 4 is 17.3 Å². The number of carbonyl (C=O) groups excluding carboxylic acids is 1. The SMILES string of the molecule is CNC(=O)c1ccc(CNc2ccc(N(C)CCO)cc2)cc1. The summed E-state index contributed by atoms with van der Waals surface area (Å²) >= 11 is 0. The van der Waals surface area contributed by atoms with E-state index in [-0.39, 0.29) is 12.5 Å². The maximum absolute atomic E-state index is 11.5. The number of aliphatic hydroxyl groups excluding tert-OH is 1. The molecule has 0 spiro atoms. The Morgan fingerprint density at radius 2 is 1.74 bits per heavy atom. The van der Waals surface area contributed by atoms with Crippen molar-refractivity contribution in [2.24, 2.45) is 0 Å². The molecule has 0 bridgehead atoms. The predicted molar refractivity (Wildman–Crippen MR) is 94.0 cm³/mol. The fraction of sp³-hybridized carbons (Fsp3) is 0.278. The lowest BCUT2D eigenvalue weighted by atomic mass is 10.1. The summed E-state index contributed by atoms with van der Waals surface area (Å²) in [4.78, 5) is 13.5. The van der Waals surface area contributed by atoms with Crippen LogP contribution in [0.4, 0.5) is 11.4 Å². The predicted octanol–water partition coefficient (Wildman–Crippen LogP) is 2.09. The van der Waals surface area contributed by atoms with Gasteiger partial charge in [-0.15, -0.1) is 0 Å². The number of rotatable bonds is 7. The van der Waals surface area contributed by atoms with Crippen LogP contribution in [-0.2, 0) is 6.54 Å². The highest BCUT2D eigenvalue weighted by Crippen LogP contribution is 2.17. The quantitative estimate of drug-likeness (QED) is 0.732. The zero-order chi connectivity index (χ0) is 16.7. The van der Waals surface area contributed by atoms with Gasteiger partial charge < -0.3 is 20.6 Å². The van der Waals surface area contributed by atoms with Crippen LogP contribution in [0.25, 0.3) is 0 Å². The fourth-order valence-corrected chi connectivity index (χ4v) is 2.24. The molecule has 3 N–H and O–H groups in total. The molecule has 1 amide bonds. The van der Waals surface area contributed by atoms with Gasteiger partial charge in [0.2, 0.25) is 0 Å². The van der Waals surface area contributed by atoms with Crippen molar-refractivity contribution in [3.8, 4) is 0 Å². The smallest absolute Gasteiger partial charge is 0.251 e. The number of benzene rings is 2. The van der Waals surface area contributed by atoms with Crippen LogP contribution in [0, 0.1) is 0 Å². The molecular weight excluding hydrogens is 290 g/mol. The van der Waals surface area contributed by atoms with Crippen LogP contribution in [0.15, 0.2) is 48.5 Å². The zero-order valence-corrected chi connectivity index (χ0v) is 13.5. The summed E-state index contributed by atoms with van der Waals surface area (Å²) in [6.45, 7) is 1.45. The highest BCUT2D eigenvalue weighted by atomic mass is 16.3. The lowest BCUT2D eigenvalue weighted by Gasteiger charge is -2.18. The van der Waals surface area contributed by atoms with Crippen LogP contribution in [0.5, 0.6) is 0 Å². The number of hydrogen-bond donors (Lipinski definition) is 3. The second-order valence-corrected chi connectivity index (χ2v) is 5.32. The number of carbonyl (C=O) groups is 1. The Morgan fingerprint density at radius 3 is 2.30 bits per heavy atom. The third-order valence-corrected chi connectivity index (χ3v) is 3.68. The Labute approximate surface area is 136 Å². The largest absolute Gasteiger partial charge is 0.395 e. The van der Waals surface area contributed by atoms with Gasteiger partial charge in [0.15, 0.2) is 0 Å². The summed E-state index contributed by atoms with van der Waals surface area (Å²) in [6, 6.07) is 15.6. The van der Waals surface area contributed by atoms with Crippen molar-refractivity contribution in [1.29, 1.82) is 0 Å². The van der Waals surface area contributed by atoms with Gasteiger partial charge in [-0.1, -0.05) is 12.1 Å². The van der Waals surface area contributed by atoms with E-state index in [0.717, 1.165) is 16.9 Å². The van der Waals surface area contributed by atoms with Crippen molar-refractivity contribution in [3.05, 3.63) is 59.7 Å². The molecular formula is C18H23N3O2. The molecule has 0 saturated heterocycles. The summed E-state index contributed by atoms with van der Waals surface area (Å²) in [6.07, 6.45) is 0. The Hall–Kier alpha value is -2.53. The summed E-state index contributed by atoms with van der Waals surface area (Å²) < 4.78 is 0. The molecule has 5 heteroatoms. The highest BCUT2D eigenvalue weighted by Gasteiger charge is 2.03. The third-order valence-electron chi connectivity index (χ3n) is 3.68. The molecule has 0 aliphatic heterocycles. The first-order valence-corrected chi connectivity index (χ1v) is 7.61. The molecule has 2 rings (SSSR count). The van der Waals surface area contributed by atoms with E-state index in [1.54, 1.807) is 7.05 Å². The number of aliphatic hydroxyl groups is 1. The Bertz CT molecular complexity index is 624. The number of anilines is 2. The van der Waals surface area contributed by atoms with E-state index in [1.807, 2.05) is 60.5 Å². The van der Waals surface area contributed by atoms with Gasteiger partial charge in [-0.05, 0) is 42.0 Å². The van der Waals surface area contributed by atoms with Crippen LogP contribution in [0.1, 0.15) is 15.9 Å². The summed E-state index contributed by atoms with van der Waals surface area (Å²) in [5, 5.41) is 14.9. The minimum absolute atomic E-state index is 0.0768. The van der Waals surface area contributed by atoms with Gasteiger partial charge in [0.25, 0.3) is 5.91 Å². The van der Waals surface area contributed by atoms with Gasteiger partial charge in [0.1, 0.15) is 0 Å². The average molecular weight is 313 g/mol. The maximum Gasteiger partial charge on any atom is 0.251 e. The van der Waals surface area contributed by atoms with Gasteiger partial charge in [-0.2, -0.15) is 0 Å². The summed E-state index contributed by atoms with van der Waals surface area (Å²) in [7, 11) is 3.58. The fourth-order valence-electron chi connectivity index (χ4n) is 2.24. The van der Waals surface area contributed by atoms with Crippen LogP contribution in [-0.4, -0.2) is 38.3 Å². The van der Waals surface area contributed by atoms with E-state index in [0.29, 0.717) is 18.7 Å². The lowest BCUT2D eigenvalue weighted by Crippen LogP contribution is -2.20. The first-order valence-electron chi connectivity index (χ1n) is 7.61. The van der Waals surface area contributed by atoms with E-state index < -0.39 is 0 Å².